The summed E-state index contributed by atoms with van der Waals surface area (Å²) < 4.78 is 10.3. The molecule has 1 saturated heterocycles. The summed E-state index contributed by atoms with van der Waals surface area (Å²) in [6.45, 7) is 5.78. The molecule has 0 aromatic heterocycles. The number of ether oxygens (including phenoxy) is 2. The summed E-state index contributed by atoms with van der Waals surface area (Å²) in [5, 5.41) is 13.4. The van der Waals surface area contributed by atoms with Gasteiger partial charge >= 0.3 is 0 Å². The van der Waals surface area contributed by atoms with E-state index < -0.39 is 5.60 Å². The Balaban J connectivity index is 2.12. The van der Waals surface area contributed by atoms with Crippen LogP contribution in [0.25, 0.3) is 0 Å². The van der Waals surface area contributed by atoms with Gasteiger partial charge in [-0.2, -0.15) is 0 Å². The maximum absolute atomic E-state index is 10.1. The standard InChI is InChI=1S/C11H23NO3/c1-10(8-14-2)7-12-9-11(13)3-5-15-6-4-11/h10,12-13H,3-9H2,1-2H3. The third-order valence-corrected chi connectivity index (χ3v) is 2.82. The minimum absolute atomic E-state index is 0.485. The van der Waals surface area contributed by atoms with Crippen molar-refractivity contribution in [3.63, 3.8) is 0 Å². The number of hydrogen-bond donors (Lipinski definition) is 2. The smallest absolute Gasteiger partial charge is 0.0815 e. The predicted molar refractivity (Wildman–Crippen MR) is 58.9 cm³/mol. The third-order valence-electron chi connectivity index (χ3n) is 2.82. The van der Waals surface area contributed by atoms with E-state index in [1.807, 2.05) is 0 Å². The van der Waals surface area contributed by atoms with Crippen LogP contribution in [0.1, 0.15) is 19.8 Å². The van der Waals surface area contributed by atoms with Gasteiger partial charge in [0.05, 0.1) is 5.60 Å². The molecule has 1 aliphatic rings. The first-order chi connectivity index (χ1) is 7.16. The van der Waals surface area contributed by atoms with E-state index in [2.05, 4.69) is 12.2 Å². The first-order valence-electron chi connectivity index (χ1n) is 5.66. The molecule has 0 aromatic rings. The molecule has 4 heteroatoms. The Kier molecular flexibility index (Phi) is 5.53. The van der Waals surface area contributed by atoms with Crippen molar-refractivity contribution in [2.45, 2.75) is 25.4 Å². The summed E-state index contributed by atoms with van der Waals surface area (Å²) in [5.74, 6) is 0.485. The van der Waals surface area contributed by atoms with Gasteiger partial charge in [-0.1, -0.05) is 6.92 Å². The normalized spacial score (nSPS) is 22.6. The van der Waals surface area contributed by atoms with Gasteiger partial charge in [-0.3, -0.25) is 0 Å². The molecular formula is C11H23NO3. The zero-order valence-electron chi connectivity index (χ0n) is 9.79. The molecule has 1 fully saturated rings. The summed E-state index contributed by atoms with van der Waals surface area (Å²) in [5.41, 5.74) is -0.564. The average Bonchev–Trinajstić information content (AvgIpc) is 2.19. The molecule has 1 aliphatic heterocycles. The second-order valence-corrected chi connectivity index (χ2v) is 4.53. The Morgan fingerprint density at radius 3 is 2.73 bits per heavy atom. The fourth-order valence-corrected chi connectivity index (χ4v) is 1.82. The van der Waals surface area contributed by atoms with Crippen molar-refractivity contribution in [2.24, 2.45) is 5.92 Å². The van der Waals surface area contributed by atoms with Gasteiger partial charge in [0.25, 0.3) is 0 Å². The van der Waals surface area contributed by atoms with Gasteiger partial charge in [0.15, 0.2) is 0 Å². The Morgan fingerprint density at radius 1 is 1.47 bits per heavy atom. The van der Waals surface area contributed by atoms with Crippen molar-refractivity contribution in [1.29, 1.82) is 0 Å². The van der Waals surface area contributed by atoms with E-state index in [1.165, 1.54) is 0 Å². The average molecular weight is 217 g/mol. The highest BCUT2D eigenvalue weighted by atomic mass is 16.5. The van der Waals surface area contributed by atoms with Gasteiger partial charge in [0, 0.05) is 52.9 Å². The lowest BCUT2D eigenvalue weighted by Crippen LogP contribution is -2.46. The second kappa shape index (κ2) is 6.43. The molecule has 0 spiro atoms. The molecule has 15 heavy (non-hydrogen) atoms. The molecule has 90 valence electrons. The van der Waals surface area contributed by atoms with Crippen molar-refractivity contribution >= 4 is 0 Å². The maximum atomic E-state index is 10.1. The molecule has 1 atom stereocenters. The van der Waals surface area contributed by atoms with Gasteiger partial charge < -0.3 is 19.9 Å². The van der Waals surface area contributed by atoms with Crippen LogP contribution < -0.4 is 5.32 Å². The highest BCUT2D eigenvalue weighted by molar-refractivity contribution is 4.83. The Morgan fingerprint density at radius 2 is 2.13 bits per heavy atom. The zero-order chi connectivity index (χ0) is 11.1. The summed E-state index contributed by atoms with van der Waals surface area (Å²) in [7, 11) is 1.71. The van der Waals surface area contributed by atoms with E-state index >= 15 is 0 Å². The summed E-state index contributed by atoms with van der Waals surface area (Å²) in [6, 6.07) is 0. The van der Waals surface area contributed by atoms with Crippen molar-refractivity contribution in [3.8, 4) is 0 Å². The van der Waals surface area contributed by atoms with Crippen molar-refractivity contribution in [2.75, 3.05) is 40.0 Å². The molecule has 2 N–H and O–H groups in total. The Hall–Kier alpha value is -0.160. The third kappa shape index (κ3) is 4.93. The summed E-state index contributed by atoms with van der Waals surface area (Å²) in [4.78, 5) is 0. The molecule has 1 heterocycles. The maximum Gasteiger partial charge on any atom is 0.0815 e. The topological polar surface area (TPSA) is 50.7 Å². The van der Waals surface area contributed by atoms with Crippen LogP contribution in [0.4, 0.5) is 0 Å². The SMILES string of the molecule is COCC(C)CNCC1(O)CCOCC1. The highest BCUT2D eigenvalue weighted by Gasteiger charge is 2.29. The molecule has 0 aliphatic carbocycles. The first kappa shape index (κ1) is 12.9. The largest absolute Gasteiger partial charge is 0.388 e. The minimum atomic E-state index is -0.564. The number of methoxy groups -OCH3 is 1. The van der Waals surface area contributed by atoms with Crippen LogP contribution in [-0.4, -0.2) is 50.7 Å². The lowest BCUT2D eigenvalue weighted by molar-refractivity contribution is -0.0619. The zero-order valence-corrected chi connectivity index (χ0v) is 9.79. The number of nitrogens with one attached hydrogen (secondary N) is 1. The van der Waals surface area contributed by atoms with E-state index in [0.29, 0.717) is 25.7 Å². The van der Waals surface area contributed by atoms with Gasteiger partial charge in [0.2, 0.25) is 0 Å². The summed E-state index contributed by atoms with van der Waals surface area (Å²) in [6.07, 6.45) is 1.47. The lowest BCUT2D eigenvalue weighted by atomic mass is 9.94. The van der Waals surface area contributed by atoms with Gasteiger partial charge in [-0.05, 0) is 5.92 Å². The van der Waals surface area contributed by atoms with Crippen LogP contribution in [0.2, 0.25) is 0 Å². The van der Waals surface area contributed by atoms with Crippen molar-refractivity contribution < 1.29 is 14.6 Å². The molecule has 0 amide bonds. The van der Waals surface area contributed by atoms with Crippen LogP contribution in [0.15, 0.2) is 0 Å². The van der Waals surface area contributed by atoms with Gasteiger partial charge in [-0.25, -0.2) is 0 Å². The highest BCUT2D eigenvalue weighted by Crippen LogP contribution is 2.19. The van der Waals surface area contributed by atoms with E-state index in [-0.39, 0.29) is 0 Å². The van der Waals surface area contributed by atoms with Crippen LogP contribution in [0.3, 0.4) is 0 Å². The number of hydrogen-bond acceptors (Lipinski definition) is 4. The first-order valence-corrected chi connectivity index (χ1v) is 5.66. The van der Waals surface area contributed by atoms with Gasteiger partial charge in [-0.15, -0.1) is 0 Å². The minimum Gasteiger partial charge on any atom is -0.388 e. The molecular weight excluding hydrogens is 194 g/mol. The molecule has 0 radical (unpaired) electrons. The fourth-order valence-electron chi connectivity index (χ4n) is 1.82. The fraction of sp³-hybridized carbons (Fsp3) is 1.00. The van der Waals surface area contributed by atoms with E-state index in [0.717, 1.165) is 26.0 Å². The second-order valence-electron chi connectivity index (χ2n) is 4.53. The number of aliphatic hydroxyl groups is 1. The Labute approximate surface area is 92.0 Å². The van der Waals surface area contributed by atoms with Crippen LogP contribution in [0, 0.1) is 5.92 Å². The van der Waals surface area contributed by atoms with Crippen molar-refractivity contribution in [3.05, 3.63) is 0 Å². The molecule has 0 bridgehead atoms. The van der Waals surface area contributed by atoms with Crippen LogP contribution >= 0.6 is 0 Å². The van der Waals surface area contributed by atoms with E-state index in [4.69, 9.17) is 9.47 Å². The lowest BCUT2D eigenvalue weighted by Gasteiger charge is -2.32. The van der Waals surface area contributed by atoms with Crippen LogP contribution in [-0.2, 0) is 9.47 Å². The van der Waals surface area contributed by atoms with E-state index in [1.54, 1.807) is 7.11 Å². The monoisotopic (exact) mass is 217 g/mol. The predicted octanol–water partition coefficient (Wildman–Crippen LogP) is 0.400. The summed E-state index contributed by atoms with van der Waals surface area (Å²) >= 11 is 0. The van der Waals surface area contributed by atoms with Crippen molar-refractivity contribution in [1.82, 2.24) is 5.32 Å². The van der Waals surface area contributed by atoms with Gasteiger partial charge in [0.1, 0.15) is 0 Å². The molecule has 1 unspecified atom stereocenters. The molecule has 1 rings (SSSR count). The molecule has 0 aromatic carbocycles. The van der Waals surface area contributed by atoms with Crippen LogP contribution in [0.5, 0.6) is 0 Å². The molecule has 4 nitrogen and oxygen atoms in total. The number of rotatable bonds is 6. The quantitative estimate of drug-likeness (QED) is 0.676. The molecule has 0 saturated carbocycles. The van der Waals surface area contributed by atoms with E-state index in [9.17, 15) is 5.11 Å². The Bertz CT molecular complexity index is 169.